The molecule has 0 aromatic carbocycles. The van der Waals surface area contributed by atoms with Gasteiger partial charge in [-0.25, -0.2) is 14.6 Å². The summed E-state index contributed by atoms with van der Waals surface area (Å²) in [7, 11) is 0. The average Bonchev–Trinajstić information content (AvgIpc) is 3.18. The number of aryl methyl sites for hydroxylation is 1. The van der Waals surface area contributed by atoms with Gasteiger partial charge in [-0.3, -0.25) is 0 Å². The largest absolute Gasteiger partial charge is 0.369 e. The Morgan fingerprint density at radius 2 is 2.35 bits per heavy atom. The number of hydrogen-bond acceptors (Lipinski definition) is 5. The molecule has 0 fully saturated rings. The summed E-state index contributed by atoms with van der Waals surface area (Å²) >= 11 is 1.60. The van der Waals surface area contributed by atoms with Crippen LogP contribution in [0, 0.1) is 6.92 Å². The molecule has 5 nitrogen and oxygen atoms in total. The Kier molecular flexibility index (Phi) is 2.56. The number of anilines is 1. The van der Waals surface area contributed by atoms with E-state index in [1.807, 2.05) is 29.2 Å². The Morgan fingerprint density at radius 1 is 1.40 bits per heavy atom. The standard InChI is InChI=1S/C14H13N5S/c1-9-8-12(10-2-4-15-13(10)17-9)19-6-3-11(18-19)14-16-5-7-20-14/h3,5-8H,2,4H2,1H3,(H,15,17). The molecule has 3 aromatic rings. The van der Waals surface area contributed by atoms with Crippen LogP contribution >= 0.6 is 11.3 Å². The molecule has 0 amide bonds. The first kappa shape index (κ1) is 11.6. The minimum Gasteiger partial charge on any atom is -0.369 e. The fourth-order valence-corrected chi connectivity index (χ4v) is 3.11. The molecule has 0 atom stereocenters. The van der Waals surface area contributed by atoms with E-state index in [1.54, 1.807) is 17.5 Å². The smallest absolute Gasteiger partial charge is 0.143 e. The predicted octanol–water partition coefficient (Wildman–Crippen LogP) is 2.67. The lowest BCUT2D eigenvalue weighted by Gasteiger charge is -2.08. The van der Waals surface area contributed by atoms with Crippen molar-refractivity contribution >= 4 is 17.2 Å². The molecule has 0 unspecified atom stereocenters. The van der Waals surface area contributed by atoms with Gasteiger partial charge in [0.25, 0.3) is 0 Å². The van der Waals surface area contributed by atoms with Gasteiger partial charge in [-0.1, -0.05) is 0 Å². The fourth-order valence-electron chi connectivity index (χ4n) is 2.51. The predicted molar refractivity (Wildman–Crippen MR) is 79.4 cm³/mol. The lowest BCUT2D eigenvalue weighted by atomic mass is 10.1. The molecule has 1 N–H and O–H groups in total. The number of rotatable bonds is 2. The quantitative estimate of drug-likeness (QED) is 0.785. The fraction of sp³-hybridized carbons (Fsp3) is 0.214. The SMILES string of the molecule is Cc1cc(-n2ccc(-c3nccs3)n2)c2c(n1)NCC2. The summed E-state index contributed by atoms with van der Waals surface area (Å²) in [6.07, 6.45) is 4.78. The van der Waals surface area contributed by atoms with Gasteiger partial charge in [0.15, 0.2) is 0 Å². The first-order valence-corrected chi connectivity index (χ1v) is 7.39. The summed E-state index contributed by atoms with van der Waals surface area (Å²) in [5, 5.41) is 10.9. The van der Waals surface area contributed by atoms with Crippen LogP contribution in [-0.2, 0) is 6.42 Å². The monoisotopic (exact) mass is 283 g/mol. The molecule has 0 spiro atoms. The van der Waals surface area contributed by atoms with Gasteiger partial charge in [-0.05, 0) is 25.5 Å². The molecule has 1 aliphatic rings. The molecule has 1 aliphatic heterocycles. The van der Waals surface area contributed by atoms with Crippen molar-refractivity contribution in [2.75, 3.05) is 11.9 Å². The van der Waals surface area contributed by atoms with Crippen LogP contribution in [-0.4, -0.2) is 26.3 Å². The van der Waals surface area contributed by atoms with Crippen molar-refractivity contribution in [2.24, 2.45) is 0 Å². The molecule has 20 heavy (non-hydrogen) atoms. The average molecular weight is 283 g/mol. The Bertz CT molecular complexity index is 760. The van der Waals surface area contributed by atoms with E-state index in [-0.39, 0.29) is 0 Å². The zero-order valence-corrected chi connectivity index (χ0v) is 11.8. The first-order chi connectivity index (χ1) is 9.81. The summed E-state index contributed by atoms with van der Waals surface area (Å²) < 4.78 is 1.93. The van der Waals surface area contributed by atoms with Gasteiger partial charge in [0.1, 0.15) is 16.5 Å². The van der Waals surface area contributed by atoms with Gasteiger partial charge in [-0.15, -0.1) is 11.3 Å². The molecule has 0 bridgehead atoms. The van der Waals surface area contributed by atoms with Crippen LogP contribution in [0.1, 0.15) is 11.3 Å². The van der Waals surface area contributed by atoms with Crippen molar-refractivity contribution in [1.29, 1.82) is 0 Å². The lowest BCUT2D eigenvalue weighted by Crippen LogP contribution is -2.02. The van der Waals surface area contributed by atoms with E-state index in [0.29, 0.717) is 0 Å². The van der Waals surface area contributed by atoms with Gasteiger partial charge >= 0.3 is 0 Å². The summed E-state index contributed by atoms with van der Waals surface area (Å²) in [5.74, 6) is 0.992. The van der Waals surface area contributed by atoms with E-state index >= 15 is 0 Å². The topological polar surface area (TPSA) is 55.6 Å². The third kappa shape index (κ3) is 1.80. The zero-order valence-electron chi connectivity index (χ0n) is 11.0. The van der Waals surface area contributed by atoms with Crippen LogP contribution < -0.4 is 5.32 Å². The lowest BCUT2D eigenvalue weighted by molar-refractivity contribution is 0.864. The Labute approximate surface area is 120 Å². The van der Waals surface area contributed by atoms with E-state index in [1.165, 1.54) is 5.56 Å². The highest BCUT2D eigenvalue weighted by molar-refractivity contribution is 7.13. The highest BCUT2D eigenvalue weighted by atomic mass is 32.1. The number of thiazole rings is 1. The van der Waals surface area contributed by atoms with Gasteiger partial charge in [0.2, 0.25) is 0 Å². The molecule has 4 rings (SSSR count). The van der Waals surface area contributed by atoms with Crippen molar-refractivity contribution < 1.29 is 0 Å². The van der Waals surface area contributed by atoms with Crippen LogP contribution in [0.4, 0.5) is 5.82 Å². The van der Waals surface area contributed by atoms with Crippen molar-refractivity contribution in [3.63, 3.8) is 0 Å². The molecular formula is C14H13N5S. The Morgan fingerprint density at radius 3 is 3.20 bits per heavy atom. The second kappa shape index (κ2) is 4.42. The van der Waals surface area contributed by atoms with E-state index in [9.17, 15) is 0 Å². The highest BCUT2D eigenvalue weighted by Gasteiger charge is 2.18. The van der Waals surface area contributed by atoms with Gasteiger partial charge < -0.3 is 5.32 Å². The number of nitrogens with zero attached hydrogens (tertiary/aromatic N) is 4. The molecular weight excluding hydrogens is 270 g/mol. The van der Waals surface area contributed by atoms with E-state index in [0.717, 1.165) is 40.9 Å². The molecule has 0 saturated carbocycles. The van der Waals surface area contributed by atoms with Crippen LogP contribution in [0.2, 0.25) is 0 Å². The van der Waals surface area contributed by atoms with E-state index in [4.69, 9.17) is 0 Å². The molecule has 4 heterocycles. The second-order valence-corrected chi connectivity index (χ2v) is 5.66. The molecule has 3 aromatic heterocycles. The highest BCUT2D eigenvalue weighted by Crippen LogP contribution is 2.28. The molecule has 0 saturated heterocycles. The molecule has 6 heteroatoms. The van der Waals surface area contributed by atoms with Crippen molar-refractivity contribution in [3.8, 4) is 16.4 Å². The van der Waals surface area contributed by atoms with Crippen LogP contribution in [0.3, 0.4) is 0 Å². The van der Waals surface area contributed by atoms with Gasteiger partial charge in [0.05, 0.1) is 5.69 Å². The molecule has 100 valence electrons. The van der Waals surface area contributed by atoms with Gasteiger partial charge in [-0.2, -0.15) is 5.10 Å². The second-order valence-electron chi connectivity index (χ2n) is 4.77. The summed E-state index contributed by atoms with van der Waals surface area (Å²) in [6.45, 7) is 2.95. The first-order valence-electron chi connectivity index (χ1n) is 6.51. The Hall–Kier alpha value is -2.21. The van der Waals surface area contributed by atoms with Crippen molar-refractivity contribution in [1.82, 2.24) is 19.7 Å². The van der Waals surface area contributed by atoms with Crippen LogP contribution in [0.25, 0.3) is 16.4 Å². The normalized spacial score (nSPS) is 13.2. The Balaban J connectivity index is 1.82. The maximum Gasteiger partial charge on any atom is 0.143 e. The summed E-state index contributed by atoms with van der Waals surface area (Å²) in [6, 6.07) is 4.09. The number of nitrogens with one attached hydrogen (secondary N) is 1. The number of hydrogen-bond donors (Lipinski definition) is 1. The van der Waals surface area contributed by atoms with E-state index < -0.39 is 0 Å². The third-order valence-electron chi connectivity index (χ3n) is 3.38. The summed E-state index contributed by atoms with van der Waals surface area (Å²) in [4.78, 5) is 8.84. The number of pyridine rings is 1. The van der Waals surface area contributed by atoms with Crippen LogP contribution in [0.5, 0.6) is 0 Å². The maximum absolute atomic E-state index is 4.65. The van der Waals surface area contributed by atoms with E-state index in [2.05, 4.69) is 26.4 Å². The number of fused-ring (bicyclic) bond motifs is 1. The number of aromatic nitrogens is 4. The molecule has 0 aliphatic carbocycles. The maximum atomic E-state index is 4.65. The van der Waals surface area contributed by atoms with Gasteiger partial charge in [0, 0.05) is 35.6 Å². The van der Waals surface area contributed by atoms with Crippen molar-refractivity contribution in [2.45, 2.75) is 13.3 Å². The zero-order chi connectivity index (χ0) is 13.5. The van der Waals surface area contributed by atoms with Crippen LogP contribution in [0.15, 0.2) is 29.9 Å². The minimum atomic E-state index is 0.911. The third-order valence-corrected chi connectivity index (χ3v) is 4.18. The van der Waals surface area contributed by atoms with Crippen molar-refractivity contribution in [3.05, 3.63) is 41.2 Å². The molecule has 0 radical (unpaired) electrons. The minimum absolute atomic E-state index is 0.911. The summed E-state index contributed by atoms with van der Waals surface area (Å²) in [5.41, 5.74) is 4.26.